The molecular weight excluding hydrogens is 521 g/mol. The normalized spacial score (nSPS) is 11.7. The number of hydrogen-bond acceptors (Lipinski definition) is 7. The molecule has 0 spiro atoms. The molecule has 0 aliphatic rings. The minimum atomic E-state index is -3.22. The van der Waals surface area contributed by atoms with Crippen molar-refractivity contribution in [1.29, 1.82) is 5.26 Å². The number of halogens is 2. The van der Waals surface area contributed by atoms with Crippen LogP contribution in [0.25, 0.3) is 0 Å². The fourth-order valence-corrected chi connectivity index (χ4v) is 4.59. The first-order valence-electron chi connectivity index (χ1n) is 11.3. The summed E-state index contributed by atoms with van der Waals surface area (Å²) in [6, 6.07) is 15.0. The largest absolute Gasteiger partial charge is 0.489 e. The summed E-state index contributed by atoms with van der Waals surface area (Å²) in [5.74, 6) is 1.36. The first kappa shape index (κ1) is 27.7. The molecular formula is C26H27Cl2N3O4S. The van der Waals surface area contributed by atoms with Crippen LogP contribution in [0.2, 0.25) is 5.02 Å². The van der Waals surface area contributed by atoms with Crippen molar-refractivity contribution in [1.82, 2.24) is 9.97 Å². The van der Waals surface area contributed by atoms with E-state index in [1.807, 2.05) is 44.2 Å². The molecule has 2 aromatic carbocycles. The molecule has 190 valence electrons. The zero-order valence-corrected chi connectivity index (χ0v) is 22.6. The van der Waals surface area contributed by atoms with Crippen LogP contribution in [0.1, 0.15) is 49.0 Å². The number of aromatic nitrogens is 2. The van der Waals surface area contributed by atoms with Gasteiger partial charge in [-0.25, -0.2) is 18.4 Å². The summed E-state index contributed by atoms with van der Waals surface area (Å²) in [5, 5.41) is 9.96. The molecule has 0 saturated heterocycles. The van der Waals surface area contributed by atoms with E-state index >= 15 is 0 Å². The number of nitrogens with zero attached hydrogens (tertiary/aromatic N) is 3. The first-order valence-corrected chi connectivity index (χ1v) is 14.0. The predicted octanol–water partition coefficient (Wildman–Crippen LogP) is 5.46. The fraction of sp³-hybridized carbons (Fsp3) is 0.346. The molecule has 1 aromatic heterocycles. The third kappa shape index (κ3) is 6.88. The van der Waals surface area contributed by atoms with E-state index in [0.717, 1.165) is 11.1 Å². The Kier molecular flexibility index (Phi) is 9.18. The molecule has 0 unspecified atom stereocenters. The highest BCUT2D eigenvalue weighted by Gasteiger charge is 2.26. The van der Waals surface area contributed by atoms with Gasteiger partial charge in [0.25, 0.3) is 0 Å². The Labute approximate surface area is 221 Å². The highest BCUT2D eigenvalue weighted by molar-refractivity contribution is 7.90. The van der Waals surface area contributed by atoms with Gasteiger partial charge in [-0.2, -0.15) is 5.26 Å². The van der Waals surface area contributed by atoms with Gasteiger partial charge in [-0.15, -0.1) is 11.6 Å². The van der Waals surface area contributed by atoms with E-state index < -0.39 is 15.3 Å². The lowest BCUT2D eigenvalue weighted by Crippen LogP contribution is -2.19. The monoisotopic (exact) mass is 547 g/mol. The third-order valence-electron chi connectivity index (χ3n) is 5.72. The molecule has 0 atom stereocenters. The Hall–Kier alpha value is -2.86. The van der Waals surface area contributed by atoms with Gasteiger partial charge in [-0.3, -0.25) is 0 Å². The fourth-order valence-electron chi connectivity index (χ4n) is 3.51. The number of alkyl halides is 1. The Bertz CT molecular complexity index is 1350. The maximum atomic E-state index is 11.8. The van der Waals surface area contributed by atoms with Gasteiger partial charge < -0.3 is 9.47 Å². The number of sulfone groups is 1. The Morgan fingerprint density at radius 2 is 1.81 bits per heavy atom. The van der Waals surface area contributed by atoms with Crippen molar-refractivity contribution >= 4 is 33.0 Å². The summed E-state index contributed by atoms with van der Waals surface area (Å²) in [7, 11) is -3.22. The molecule has 0 aliphatic heterocycles. The summed E-state index contributed by atoms with van der Waals surface area (Å²) in [6.07, 6.45) is 1.53. The number of rotatable bonds is 11. The maximum Gasteiger partial charge on any atom is 0.157 e. The molecule has 1 heterocycles. The van der Waals surface area contributed by atoms with Gasteiger partial charge in [0.15, 0.2) is 15.6 Å². The first-order chi connectivity index (χ1) is 17.1. The Morgan fingerprint density at radius 1 is 1.08 bits per heavy atom. The predicted molar refractivity (Wildman–Crippen MR) is 140 cm³/mol. The van der Waals surface area contributed by atoms with Gasteiger partial charge in [0.2, 0.25) is 0 Å². The van der Waals surface area contributed by atoms with E-state index in [4.69, 9.17) is 32.7 Å². The average Bonchev–Trinajstić information content (AvgIpc) is 2.86. The zero-order chi connectivity index (χ0) is 26.3. The molecule has 3 rings (SSSR count). The molecule has 0 bridgehead atoms. The summed E-state index contributed by atoms with van der Waals surface area (Å²) >= 11 is 12.1. The van der Waals surface area contributed by atoms with Crippen LogP contribution in [0.5, 0.6) is 11.5 Å². The van der Waals surface area contributed by atoms with E-state index in [-0.39, 0.29) is 30.5 Å². The van der Waals surface area contributed by atoms with Gasteiger partial charge in [-0.1, -0.05) is 44.5 Å². The summed E-state index contributed by atoms with van der Waals surface area (Å²) in [5.41, 5.74) is 2.35. The van der Waals surface area contributed by atoms with Crippen LogP contribution < -0.4 is 9.47 Å². The van der Waals surface area contributed by atoms with Crippen molar-refractivity contribution in [2.45, 2.75) is 38.5 Å². The van der Waals surface area contributed by atoms with E-state index in [1.165, 1.54) is 6.20 Å². The summed E-state index contributed by atoms with van der Waals surface area (Å²) in [4.78, 5) is 8.34. The third-order valence-corrected chi connectivity index (χ3v) is 7.74. The highest BCUT2D eigenvalue weighted by Crippen LogP contribution is 2.38. The molecule has 0 aliphatic carbocycles. The molecule has 0 radical (unpaired) electrons. The molecule has 0 saturated carbocycles. The summed E-state index contributed by atoms with van der Waals surface area (Å²) < 4.78 is 35.1. The quantitative estimate of drug-likeness (QED) is 0.293. The van der Waals surface area contributed by atoms with Crippen LogP contribution in [0, 0.1) is 11.3 Å². The number of hydrogen-bond donors (Lipinski definition) is 0. The zero-order valence-electron chi connectivity index (χ0n) is 20.3. The van der Waals surface area contributed by atoms with Crippen molar-refractivity contribution in [3.05, 3.63) is 81.9 Å². The Balaban J connectivity index is 1.74. The van der Waals surface area contributed by atoms with E-state index in [0.29, 0.717) is 33.7 Å². The van der Waals surface area contributed by atoms with Crippen molar-refractivity contribution in [3.63, 3.8) is 0 Å². The molecule has 10 heteroatoms. The van der Waals surface area contributed by atoms with E-state index in [9.17, 15) is 13.7 Å². The maximum absolute atomic E-state index is 11.8. The molecule has 36 heavy (non-hydrogen) atoms. The second kappa shape index (κ2) is 11.9. The van der Waals surface area contributed by atoms with Crippen LogP contribution in [-0.4, -0.2) is 36.6 Å². The minimum absolute atomic E-state index is 0.0375. The van der Waals surface area contributed by atoms with Gasteiger partial charge in [0.1, 0.15) is 36.6 Å². The number of benzene rings is 2. The van der Waals surface area contributed by atoms with E-state index in [2.05, 4.69) is 16.0 Å². The van der Waals surface area contributed by atoms with Gasteiger partial charge in [-0.05, 0) is 41.5 Å². The second-order valence-corrected chi connectivity index (χ2v) is 11.7. The van der Waals surface area contributed by atoms with Crippen molar-refractivity contribution in [3.8, 4) is 17.6 Å². The Morgan fingerprint density at radius 3 is 2.44 bits per heavy atom. The van der Waals surface area contributed by atoms with Crippen LogP contribution in [-0.2, 0) is 27.6 Å². The lowest BCUT2D eigenvalue weighted by molar-refractivity contribution is 0.300. The molecule has 0 fully saturated rings. The van der Waals surface area contributed by atoms with Gasteiger partial charge in [0, 0.05) is 17.4 Å². The van der Waals surface area contributed by atoms with Crippen LogP contribution in [0.15, 0.2) is 48.7 Å². The lowest BCUT2D eigenvalue weighted by atomic mass is 9.77. The van der Waals surface area contributed by atoms with Crippen molar-refractivity contribution in [2.75, 3.05) is 18.2 Å². The average molecular weight is 548 g/mol. The van der Waals surface area contributed by atoms with Gasteiger partial charge >= 0.3 is 0 Å². The van der Waals surface area contributed by atoms with Crippen molar-refractivity contribution < 1.29 is 17.9 Å². The highest BCUT2D eigenvalue weighted by atomic mass is 35.5. The lowest BCUT2D eigenvalue weighted by Gasteiger charge is -2.27. The molecule has 7 nitrogen and oxygen atoms in total. The molecule has 3 aromatic rings. The standard InChI is InChI=1S/C26H27Cl2N3O4S/c1-4-36(32,33)17-24-30-11-9-21(31-24)16-35-22-7-5-19(6-8-22)26(2,3)20-13-18(15-29)25(23(28)14-20)34-12-10-27/h5-9,11,13-14H,4,10,12,16-17H2,1-3H3. The minimum Gasteiger partial charge on any atom is -0.489 e. The van der Waals surface area contributed by atoms with Gasteiger partial charge in [0.05, 0.1) is 22.2 Å². The molecule has 0 N–H and O–H groups in total. The second-order valence-electron chi connectivity index (χ2n) is 8.56. The number of ether oxygens (including phenoxy) is 2. The smallest absolute Gasteiger partial charge is 0.157 e. The summed E-state index contributed by atoms with van der Waals surface area (Å²) in [6.45, 7) is 6.12. The van der Waals surface area contributed by atoms with Crippen LogP contribution >= 0.6 is 23.2 Å². The van der Waals surface area contributed by atoms with Crippen LogP contribution in [0.3, 0.4) is 0 Å². The van der Waals surface area contributed by atoms with E-state index in [1.54, 1.807) is 19.1 Å². The van der Waals surface area contributed by atoms with Crippen LogP contribution in [0.4, 0.5) is 0 Å². The molecule has 0 amide bonds. The topological polar surface area (TPSA) is 102 Å². The van der Waals surface area contributed by atoms with Crippen molar-refractivity contribution in [2.24, 2.45) is 0 Å². The SMILES string of the molecule is CCS(=O)(=O)Cc1nccc(COc2ccc(C(C)(C)c3cc(Cl)c(OCCCl)c(C#N)c3)cc2)n1. The number of nitriles is 1.